The number of likely N-dealkylation sites (tertiary alicyclic amines) is 1. The van der Waals surface area contributed by atoms with Gasteiger partial charge in [-0.3, -0.25) is 4.79 Å². The predicted molar refractivity (Wildman–Crippen MR) is 79.3 cm³/mol. The second kappa shape index (κ2) is 5.32. The molecule has 3 heteroatoms. The van der Waals surface area contributed by atoms with Crippen molar-refractivity contribution in [3.05, 3.63) is 0 Å². The molecular formula is C17H28N2O. The number of carbonyl (C=O) groups excluding carboxylic acids is 1. The second-order valence-corrected chi connectivity index (χ2v) is 7.64. The Morgan fingerprint density at radius 1 is 0.800 bits per heavy atom. The molecule has 4 rings (SSSR count). The summed E-state index contributed by atoms with van der Waals surface area (Å²) in [4.78, 5) is 15.0. The Morgan fingerprint density at radius 3 is 2.30 bits per heavy atom. The van der Waals surface area contributed by atoms with Gasteiger partial charge in [-0.25, -0.2) is 0 Å². The van der Waals surface area contributed by atoms with Crippen LogP contribution in [-0.2, 0) is 4.79 Å². The molecule has 0 aromatic carbocycles. The van der Waals surface area contributed by atoms with Crippen molar-refractivity contribution in [3.63, 3.8) is 0 Å². The Bertz CT molecular complexity index is 371. The Morgan fingerprint density at radius 2 is 1.50 bits per heavy atom. The maximum absolute atomic E-state index is 12.8. The van der Waals surface area contributed by atoms with Gasteiger partial charge in [-0.05, 0) is 56.3 Å². The minimum absolute atomic E-state index is 0.133. The van der Waals surface area contributed by atoms with Gasteiger partial charge in [0.05, 0.1) is 6.04 Å². The van der Waals surface area contributed by atoms with Gasteiger partial charge in [0.2, 0.25) is 5.91 Å². The van der Waals surface area contributed by atoms with Crippen molar-refractivity contribution in [2.75, 3.05) is 13.1 Å². The van der Waals surface area contributed by atoms with E-state index in [2.05, 4.69) is 10.2 Å². The Balaban J connectivity index is 1.37. The van der Waals surface area contributed by atoms with Crippen LogP contribution in [0, 0.1) is 17.8 Å². The molecule has 0 radical (unpaired) electrons. The van der Waals surface area contributed by atoms with Crippen molar-refractivity contribution in [1.29, 1.82) is 0 Å². The largest absolute Gasteiger partial charge is 0.341 e. The van der Waals surface area contributed by atoms with E-state index in [1.165, 1.54) is 51.4 Å². The number of rotatable bonds is 1. The van der Waals surface area contributed by atoms with E-state index in [4.69, 9.17) is 0 Å². The first kappa shape index (κ1) is 13.1. The third kappa shape index (κ3) is 2.28. The van der Waals surface area contributed by atoms with Gasteiger partial charge in [0.1, 0.15) is 0 Å². The molecule has 0 bridgehead atoms. The highest BCUT2D eigenvalue weighted by atomic mass is 16.2. The van der Waals surface area contributed by atoms with Gasteiger partial charge < -0.3 is 10.2 Å². The lowest BCUT2D eigenvalue weighted by atomic mass is 9.77. The van der Waals surface area contributed by atoms with Gasteiger partial charge in [0, 0.05) is 19.1 Å². The zero-order valence-electron chi connectivity index (χ0n) is 12.5. The molecule has 3 nitrogen and oxygen atoms in total. The fourth-order valence-corrected chi connectivity index (χ4v) is 5.33. The first-order valence-corrected chi connectivity index (χ1v) is 8.86. The number of nitrogens with one attached hydrogen (secondary N) is 1. The average Bonchev–Trinajstić information content (AvgIpc) is 3.07. The van der Waals surface area contributed by atoms with Crippen LogP contribution in [0.2, 0.25) is 0 Å². The quantitative estimate of drug-likeness (QED) is 0.798. The summed E-state index contributed by atoms with van der Waals surface area (Å²) >= 11 is 0. The van der Waals surface area contributed by atoms with E-state index >= 15 is 0 Å². The van der Waals surface area contributed by atoms with E-state index < -0.39 is 0 Å². The van der Waals surface area contributed by atoms with Gasteiger partial charge in [-0.15, -0.1) is 0 Å². The Hall–Kier alpha value is -0.570. The van der Waals surface area contributed by atoms with Gasteiger partial charge in [-0.1, -0.05) is 19.3 Å². The number of hydrogen-bond donors (Lipinski definition) is 1. The molecular weight excluding hydrogens is 248 g/mol. The summed E-state index contributed by atoms with van der Waals surface area (Å²) in [5, 5.41) is 3.71. The van der Waals surface area contributed by atoms with E-state index in [9.17, 15) is 4.79 Å². The third-order valence-electron chi connectivity index (χ3n) is 6.49. The molecule has 112 valence electrons. The highest BCUT2D eigenvalue weighted by molar-refractivity contribution is 5.82. The lowest BCUT2D eigenvalue weighted by Gasteiger charge is -2.40. The monoisotopic (exact) mass is 276 g/mol. The number of carbonyl (C=O) groups is 1. The Kier molecular flexibility index (Phi) is 3.49. The molecule has 1 N–H and O–H groups in total. The summed E-state index contributed by atoms with van der Waals surface area (Å²) in [5.74, 6) is 2.92. The molecule has 2 saturated carbocycles. The standard InChI is InChI=1S/C17H28N2O/c20-17(19-10-13-5-3-6-14(13)11-19)16-9-8-12-4-1-2-7-15(12)18-16/h12-16,18H,1-11H2. The fourth-order valence-electron chi connectivity index (χ4n) is 5.33. The number of piperidine rings is 1. The van der Waals surface area contributed by atoms with Crippen LogP contribution in [0.15, 0.2) is 0 Å². The molecule has 2 aliphatic carbocycles. The summed E-state index contributed by atoms with van der Waals surface area (Å²) in [6.45, 7) is 2.10. The van der Waals surface area contributed by atoms with Crippen LogP contribution in [0.1, 0.15) is 57.8 Å². The van der Waals surface area contributed by atoms with Crippen molar-refractivity contribution in [2.45, 2.75) is 69.9 Å². The average molecular weight is 276 g/mol. The Labute approximate surface area is 122 Å². The van der Waals surface area contributed by atoms with Crippen LogP contribution in [-0.4, -0.2) is 36.0 Å². The zero-order valence-corrected chi connectivity index (χ0v) is 12.5. The van der Waals surface area contributed by atoms with Crippen LogP contribution in [0.5, 0.6) is 0 Å². The minimum atomic E-state index is 0.133. The molecule has 4 fully saturated rings. The number of fused-ring (bicyclic) bond motifs is 2. The summed E-state index contributed by atoms with van der Waals surface area (Å²) in [5.41, 5.74) is 0. The van der Waals surface area contributed by atoms with Crippen LogP contribution in [0.4, 0.5) is 0 Å². The highest BCUT2D eigenvalue weighted by Crippen LogP contribution is 2.38. The summed E-state index contributed by atoms with van der Waals surface area (Å²) in [6.07, 6.45) is 11.9. The van der Waals surface area contributed by atoms with Crippen molar-refractivity contribution in [3.8, 4) is 0 Å². The lowest BCUT2D eigenvalue weighted by molar-refractivity contribution is -0.134. The topological polar surface area (TPSA) is 32.3 Å². The van der Waals surface area contributed by atoms with E-state index in [0.717, 1.165) is 37.3 Å². The number of hydrogen-bond acceptors (Lipinski definition) is 2. The first-order valence-electron chi connectivity index (χ1n) is 8.86. The molecule has 20 heavy (non-hydrogen) atoms. The molecule has 0 aromatic heterocycles. The summed E-state index contributed by atoms with van der Waals surface area (Å²) in [7, 11) is 0. The van der Waals surface area contributed by atoms with E-state index in [0.29, 0.717) is 11.9 Å². The van der Waals surface area contributed by atoms with Crippen molar-refractivity contribution >= 4 is 5.91 Å². The SMILES string of the molecule is O=C(C1CCC2CCCCC2N1)N1CC2CCCC2C1. The molecule has 5 atom stereocenters. The molecule has 0 aromatic rings. The molecule has 4 aliphatic rings. The number of nitrogens with zero attached hydrogens (tertiary/aromatic N) is 1. The second-order valence-electron chi connectivity index (χ2n) is 7.64. The van der Waals surface area contributed by atoms with Crippen molar-refractivity contribution in [1.82, 2.24) is 10.2 Å². The van der Waals surface area contributed by atoms with Gasteiger partial charge in [0.15, 0.2) is 0 Å². The normalized spacial score (nSPS) is 44.2. The number of amides is 1. The zero-order chi connectivity index (χ0) is 13.5. The fraction of sp³-hybridized carbons (Fsp3) is 0.941. The first-order chi connectivity index (χ1) is 9.81. The van der Waals surface area contributed by atoms with Gasteiger partial charge in [0.25, 0.3) is 0 Å². The predicted octanol–water partition coefficient (Wildman–Crippen LogP) is 2.56. The van der Waals surface area contributed by atoms with Crippen LogP contribution in [0.25, 0.3) is 0 Å². The van der Waals surface area contributed by atoms with Crippen LogP contribution in [0.3, 0.4) is 0 Å². The lowest BCUT2D eigenvalue weighted by Crippen LogP contribution is -2.55. The van der Waals surface area contributed by atoms with Crippen LogP contribution < -0.4 is 5.32 Å². The van der Waals surface area contributed by atoms with E-state index in [1.807, 2.05) is 0 Å². The molecule has 2 saturated heterocycles. The third-order valence-corrected chi connectivity index (χ3v) is 6.49. The minimum Gasteiger partial charge on any atom is -0.341 e. The molecule has 2 heterocycles. The summed E-state index contributed by atoms with van der Waals surface area (Å²) < 4.78 is 0. The molecule has 0 spiro atoms. The highest BCUT2D eigenvalue weighted by Gasteiger charge is 2.41. The maximum Gasteiger partial charge on any atom is 0.239 e. The maximum atomic E-state index is 12.8. The summed E-state index contributed by atoms with van der Waals surface area (Å²) in [6, 6.07) is 0.765. The van der Waals surface area contributed by atoms with Gasteiger partial charge >= 0.3 is 0 Å². The van der Waals surface area contributed by atoms with Crippen LogP contribution >= 0.6 is 0 Å². The van der Waals surface area contributed by atoms with Crippen molar-refractivity contribution in [2.24, 2.45) is 17.8 Å². The van der Waals surface area contributed by atoms with Crippen molar-refractivity contribution < 1.29 is 4.79 Å². The molecule has 2 aliphatic heterocycles. The van der Waals surface area contributed by atoms with Gasteiger partial charge in [-0.2, -0.15) is 0 Å². The molecule has 1 amide bonds. The molecule has 5 unspecified atom stereocenters. The van der Waals surface area contributed by atoms with E-state index in [1.54, 1.807) is 0 Å². The van der Waals surface area contributed by atoms with E-state index in [-0.39, 0.29) is 6.04 Å². The smallest absolute Gasteiger partial charge is 0.239 e.